The monoisotopic (exact) mass is 452 g/mol. The smallest absolute Gasteiger partial charge is 0.350 e. The summed E-state index contributed by atoms with van der Waals surface area (Å²) in [5, 5.41) is 5.36. The molecular weight excluding hydrogens is 436 g/mol. The molecule has 0 saturated carbocycles. The number of alkyl halides is 3. The standard InChI is InChI=1S/C13H16BrF3N4O.2ClH/c14-10-5-9(6-19-7-10)12(22)20-8-11(13(15,16)17)21-3-1-18-2-4-21;;/h5-7,11,18H,1-4,8H2,(H,20,22);2*1H. The Kier molecular flexibility index (Phi) is 10.1. The zero-order valence-corrected chi connectivity index (χ0v) is 15.7. The Balaban J connectivity index is 0.00000264. The van der Waals surface area contributed by atoms with E-state index in [1.165, 1.54) is 23.4 Å². The van der Waals surface area contributed by atoms with E-state index in [9.17, 15) is 18.0 Å². The van der Waals surface area contributed by atoms with Gasteiger partial charge in [0.05, 0.1) is 5.56 Å². The highest BCUT2D eigenvalue weighted by atomic mass is 79.9. The number of nitrogens with one attached hydrogen (secondary N) is 2. The Morgan fingerprint density at radius 2 is 1.96 bits per heavy atom. The lowest BCUT2D eigenvalue weighted by atomic mass is 10.2. The number of hydrogen-bond acceptors (Lipinski definition) is 4. The normalized spacial score (nSPS) is 16.5. The van der Waals surface area contributed by atoms with Crippen LogP contribution in [-0.2, 0) is 0 Å². The van der Waals surface area contributed by atoms with Crippen molar-refractivity contribution in [2.75, 3.05) is 32.7 Å². The van der Waals surface area contributed by atoms with Gasteiger partial charge in [-0.15, -0.1) is 24.8 Å². The molecule has 0 bridgehead atoms. The molecule has 1 aliphatic heterocycles. The summed E-state index contributed by atoms with van der Waals surface area (Å²) in [5.41, 5.74) is 0.218. The minimum absolute atomic E-state index is 0. The van der Waals surface area contributed by atoms with E-state index in [1.54, 1.807) is 0 Å². The fourth-order valence-corrected chi connectivity index (χ4v) is 2.64. The molecule has 1 fully saturated rings. The average Bonchev–Trinajstić information content (AvgIpc) is 2.47. The van der Waals surface area contributed by atoms with Gasteiger partial charge < -0.3 is 10.6 Å². The van der Waals surface area contributed by atoms with E-state index < -0.39 is 24.7 Å². The van der Waals surface area contributed by atoms with Crippen LogP contribution in [0, 0.1) is 0 Å². The molecule has 0 aliphatic carbocycles. The Bertz CT molecular complexity index is 530. The Hall–Kier alpha value is -0.610. The summed E-state index contributed by atoms with van der Waals surface area (Å²) in [6, 6.07) is -0.172. The predicted molar refractivity (Wildman–Crippen MR) is 93.1 cm³/mol. The van der Waals surface area contributed by atoms with E-state index in [1.807, 2.05) is 0 Å². The second kappa shape index (κ2) is 10.4. The maximum Gasteiger partial charge on any atom is 0.405 e. The first-order valence-electron chi connectivity index (χ1n) is 6.78. The molecule has 0 spiro atoms. The van der Waals surface area contributed by atoms with Crippen LogP contribution in [0.15, 0.2) is 22.9 Å². The first-order chi connectivity index (χ1) is 10.4. The Morgan fingerprint density at radius 1 is 1.33 bits per heavy atom. The minimum Gasteiger partial charge on any atom is -0.350 e. The van der Waals surface area contributed by atoms with Gasteiger partial charge in [0.15, 0.2) is 0 Å². The Labute approximate surface area is 158 Å². The van der Waals surface area contributed by atoms with Gasteiger partial charge in [-0.1, -0.05) is 0 Å². The van der Waals surface area contributed by atoms with Crippen LogP contribution in [-0.4, -0.2) is 60.7 Å². The average molecular weight is 454 g/mol. The zero-order chi connectivity index (χ0) is 16.2. The van der Waals surface area contributed by atoms with Crippen LogP contribution in [0.25, 0.3) is 0 Å². The van der Waals surface area contributed by atoms with Gasteiger partial charge in [-0.2, -0.15) is 13.2 Å². The zero-order valence-electron chi connectivity index (χ0n) is 12.5. The largest absolute Gasteiger partial charge is 0.405 e. The van der Waals surface area contributed by atoms with E-state index in [0.29, 0.717) is 30.7 Å². The summed E-state index contributed by atoms with van der Waals surface area (Å²) >= 11 is 3.17. The highest BCUT2D eigenvalue weighted by Crippen LogP contribution is 2.24. The van der Waals surface area contributed by atoms with E-state index in [0.717, 1.165) is 0 Å². The number of aromatic nitrogens is 1. The third kappa shape index (κ3) is 6.72. The maximum atomic E-state index is 13.2. The molecule has 5 nitrogen and oxygen atoms in total. The van der Waals surface area contributed by atoms with Crippen molar-refractivity contribution in [3.8, 4) is 0 Å². The van der Waals surface area contributed by atoms with E-state index in [2.05, 4.69) is 31.5 Å². The number of amides is 1. The number of pyridine rings is 1. The van der Waals surface area contributed by atoms with Gasteiger partial charge >= 0.3 is 6.18 Å². The van der Waals surface area contributed by atoms with Gasteiger partial charge in [0.25, 0.3) is 5.91 Å². The molecule has 0 aromatic carbocycles. The number of hydrogen-bond donors (Lipinski definition) is 2. The van der Waals surface area contributed by atoms with Crippen molar-refractivity contribution >= 4 is 46.7 Å². The summed E-state index contributed by atoms with van der Waals surface area (Å²) in [5.74, 6) is -0.571. The predicted octanol–water partition coefficient (Wildman–Crippen LogP) is 2.25. The molecule has 1 unspecified atom stereocenters. The number of nitrogens with zero attached hydrogens (tertiary/aromatic N) is 2. The van der Waals surface area contributed by atoms with Crippen LogP contribution < -0.4 is 10.6 Å². The topological polar surface area (TPSA) is 57.3 Å². The molecule has 1 aliphatic rings. The summed E-state index contributed by atoms with van der Waals surface area (Å²) in [4.78, 5) is 17.1. The molecule has 2 rings (SSSR count). The van der Waals surface area contributed by atoms with E-state index in [-0.39, 0.29) is 30.4 Å². The number of piperazine rings is 1. The van der Waals surface area contributed by atoms with Crippen LogP contribution >= 0.6 is 40.7 Å². The fraction of sp³-hybridized carbons (Fsp3) is 0.538. The maximum absolute atomic E-state index is 13.2. The van der Waals surface area contributed by atoms with Crippen LogP contribution in [0.2, 0.25) is 0 Å². The summed E-state index contributed by atoms with van der Waals surface area (Å²) in [6.07, 6.45) is -1.58. The first kappa shape index (κ1) is 23.4. The number of rotatable bonds is 4. The Morgan fingerprint density at radius 3 is 2.50 bits per heavy atom. The van der Waals surface area contributed by atoms with Gasteiger partial charge in [-0.05, 0) is 22.0 Å². The van der Waals surface area contributed by atoms with Crippen molar-refractivity contribution in [1.82, 2.24) is 20.5 Å². The van der Waals surface area contributed by atoms with Crippen molar-refractivity contribution < 1.29 is 18.0 Å². The molecule has 1 aromatic rings. The molecular formula is C13H18BrCl2F3N4O. The molecule has 24 heavy (non-hydrogen) atoms. The molecule has 0 radical (unpaired) electrons. The second-order valence-electron chi connectivity index (χ2n) is 4.95. The first-order valence-corrected chi connectivity index (χ1v) is 7.57. The molecule has 11 heteroatoms. The quantitative estimate of drug-likeness (QED) is 0.734. The van der Waals surface area contributed by atoms with Crippen LogP contribution in [0.1, 0.15) is 10.4 Å². The third-order valence-electron chi connectivity index (χ3n) is 3.39. The van der Waals surface area contributed by atoms with Crippen LogP contribution in [0.4, 0.5) is 13.2 Å². The minimum atomic E-state index is -4.39. The van der Waals surface area contributed by atoms with Crippen molar-refractivity contribution in [3.63, 3.8) is 0 Å². The number of carbonyl (C=O) groups excluding carboxylic acids is 1. The van der Waals surface area contributed by atoms with Crippen LogP contribution in [0.5, 0.6) is 0 Å². The molecule has 2 heterocycles. The van der Waals surface area contributed by atoms with Gasteiger partial charge in [0.1, 0.15) is 6.04 Å². The van der Waals surface area contributed by atoms with E-state index >= 15 is 0 Å². The van der Waals surface area contributed by atoms with Gasteiger partial charge in [-0.25, -0.2) is 0 Å². The van der Waals surface area contributed by atoms with Crippen molar-refractivity contribution in [1.29, 1.82) is 0 Å². The molecule has 1 amide bonds. The van der Waals surface area contributed by atoms with E-state index in [4.69, 9.17) is 0 Å². The van der Waals surface area contributed by atoms with Crippen LogP contribution in [0.3, 0.4) is 0 Å². The summed E-state index contributed by atoms with van der Waals surface area (Å²) < 4.78 is 40.2. The molecule has 1 atom stereocenters. The lowest BCUT2D eigenvalue weighted by Gasteiger charge is -2.35. The summed E-state index contributed by atoms with van der Waals surface area (Å²) in [7, 11) is 0. The molecule has 1 saturated heterocycles. The van der Waals surface area contributed by atoms with Gasteiger partial charge in [0.2, 0.25) is 0 Å². The highest BCUT2D eigenvalue weighted by Gasteiger charge is 2.43. The molecule has 2 N–H and O–H groups in total. The molecule has 138 valence electrons. The number of halogens is 6. The third-order valence-corrected chi connectivity index (χ3v) is 3.83. The van der Waals surface area contributed by atoms with Crippen molar-refractivity contribution in [3.05, 3.63) is 28.5 Å². The number of carbonyl (C=O) groups is 1. The SMILES string of the molecule is Cl.Cl.O=C(NCC(N1CCNCC1)C(F)(F)F)c1cncc(Br)c1. The van der Waals surface area contributed by atoms with Crippen molar-refractivity contribution in [2.24, 2.45) is 0 Å². The van der Waals surface area contributed by atoms with Crippen molar-refractivity contribution in [2.45, 2.75) is 12.2 Å². The lowest BCUT2D eigenvalue weighted by molar-refractivity contribution is -0.183. The van der Waals surface area contributed by atoms with Gasteiger partial charge in [0, 0.05) is 49.6 Å². The van der Waals surface area contributed by atoms with Gasteiger partial charge in [-0.3, -0.25) is 14.7 Å². The summed E-state index contributed by atoms with van der Waals surface area (Å²) in [6.45, 7) is 1.15. The highest BCUT2D eigenvalue weighted by molar-refractivity contribution is 9.10. The fourth-order valence-electron chi connectivity index (χ4n) is 2.27. The second-order valence-corrected chi connectivity index (χ2v) is 5.86. The lowest BCUT2D eigenvalue weighted by Crippen LogP contribution is -2.57. The molecule has 1 aromatic heterocycles.